The summed E-state index contributed by atoms with van der Waals surface area (Å²) in [5, 5.41) is 7.09. The maximum absolute atomic E-state index is 5.95. The van der Waals surface area contributed by atoms with Gasteiger partial charge in [-0.1, -0.05) is 6.07 Å². The van der Waals surface area contributed by atoms with Gasteiger partial charge in [-0.3, -0.25) is 9.88 Å². The summed E-state index contributed by atoms with van der Waals surface area (Å²) in [5.41, 5.74) is 9.42. The Hall–Kier alpha value is -1.67. The van der Waals surface area contributed by atoms with Gasteiger partial charge >= 0.3 is 0 Å². The van der Waals surface area contributed by atoms with Crippen molar-refractivity contribution in [2.24, 2.45) is 0 Å². The van der Waals surface area contributed by atoms with Crippen molar-refractivity contribution < 1.29 is 0 Å². The molecule has 7 nitrogen and oxygen atoms in total. The Labute approximate surface area is 178 Å². The second kappa shape index (κ2) is 10.8. The minimum Gasteiger partial charge on any atom is -0.368 e. The average Bonchev–Trinajstić information content (AvgIpc) is 2.90. The molecule has 1 fully saturated rings. The monoisotopic (exact) mass is 425 g/mol. The topological polar surface area (TPSA) is 92.0 Å². The van der Waals surface area contributed by atoms with Gasteiger partial charge in [0.25, 0.3) is 0 Å². The molecule has 2 aromatic heterocycles. The van der Waals surface area contributed by atoms with Crippen LogP contribution in [0, 0.1) is 0 Å². The predicted octanol–water partition coefficient (Wildman–Crippen LogP) is 2.06. The van der Waals surface area contributed by atoms with Gasteiger partial charge in [0.15, 0.2) is 0 Å². The number of nitrogens with two attached hydrogens (primary N) is 1. The van der Waals surface area contributed by atoms with E-state index in [1.165, 1.54) is 5.56 Å². The first kappa shape index (κ1) is 22.6. The van der Waals surface area contributed by atoms with Crippen LogP contribution in [0.15, 0.2) is 24.4 Å². The molecule has 0 aromatic carbocycles. The number of anilines is 2. The van der Waals surface area contributed by atoms with Crippen molar-refractivity contribution in [3.63, 3.8) is 0 Å². The maximum Gasteiger partial charge on any atom is 0.222 e. The molecule has 2 aromatic rings. The maximum atomic E-state index is 5.95. The van der Waals surface area contributed by atoms with Crippen LogP contribution in [0.2, 0.25) is 0 Å². The molecular weight excluding hydrogens is 397 g/mol. The van der Waals surface area contributed by atoms with Gasteiger partial charge in [-0.25, -0.2) is 4.98 Å². The van der Waals surface area contributed by atoms with E-state index in [1.54, 1.807) is 0 Å². The molecule has 28 heavy (non-hydrogen) atoms. The average molecular weight is 426 g/mol. The van der Waals surface area contributed by atoms with Crippen molar-refractivity contribution in [2.45, 2.75) is 38.3 Å². The van der Waals surface area contributed by atoms with Gasteiger partial charge < -0.3 is 16.4 Å². The predicted molar refractivity (Wildman–Crippen MR) is 117 cm³/mol. The van der Waals surface area contributed by atoms with Gasteiger partial charge in [-0.05, 0) is 37.9 Å². The minimum absolute atomic E-state index is 0. The zero-order valence-electron chi connectivity index (χ0n) is 15.9. The Morgan fingerprint density at radius 1 is 1.11 bits per heavy atom. The van der Waals surface area contributed by atoms with Crippen molar-refractivity contribution in [1.29, 1.82) is 0 Å². The van der Waals surface area contributed by atoms with Crippen LogP contribution in [0.25, 0.3) is 0 Å². The number of rotatable bonds is 4. The van der Waals surface area contributed by atoms with Crippen LogP contribution in [0.4, 0.5) is 11.8 Å². The molecule has 0 spiro atoms. The highest BCUT2D eigenvalue weighted by Crippen LogP contribution is 2.24. The Bertz CT molecular complexity index is 737. The lowest BCUT2D eigenvalue weighted by atomic mass is 10.0. The van der Waals surface area contributed by atoms with Crippen LogP contribution in [0.5, 0.6) is 0 Å². The first-order chi connectivity index (χ1) is 12.8. The van der Waals surface area contributed by atoms with E-state index in [9.17, 15) is 0 Å². The van der Waals surface area contributed by atoms with Crippen molar-refractivity contribution >= 4 is 36.6 Å². The van der Waals surface area contributed by atoms with Crippen LogP contribution in [-0.4, -0.2) is 52.1 Å². The van der Waals surface area contributed by atoms with Crippen LogP contribution >= 0.6 is 24.8 Å². The molecule has 2 aliphatic heterocycles. The van der Waals surface area contributed by atoms with E-state index < -0.39 is 0 Å². The van der Waals surface area contributed by atoms with E-state index in [2.05, 4.69) is 42.6 Å². The molecule has 9 heteroatoms. The van der Waals surface area contributed by atoms with E-state index in [4.69, 9.17) is 5.73 Å². The lowest BCUT2D eigenvalue weighted by Crippen LogP contribution is -2.39. The number of aromatic nitrogens is 3. The van der Waals surface area contributed by atoms with Gasteiger partial charge in [0.05, 0.1) is 11.4 Å². The molecule has 4 heterocycles. The fraction of sp³-hybridized carbons (Fsp3) is 0.526. The van der Waals surface area contributed by atoms with E-state index in [1.807, 2.05) is 12.3 Å². The molecule has 0 amide bonds. The summed E-state index contributed by atoms with van der Waals surface area (Å²) < 4.78 is 0. The molecular formula is C19H29Cl2N7. The Balaban J connectivity index is 0.00000140. The molecule has 4 rings (SSSR count). The second-order valence-electron chi connectivity index (χ2n) is 7.12. The summed E-state index contributed by atoms with van der Waals surface area (Å²) in [6, 6.07) is 6.55. The van der Waals surface area contributed by atoms with E-state index in [0.717, 1.165) is 75.6 Å². The summed E-state index contributed by atoms with van der Waals surface area (Å²) in [4.78, 5) is 15.9. The number of likely N-dealkylation sites (tertiary alicyclic amines) is 1. The number of nitrogens with zero attached hydrogens (tertiary/aromatic N) is 4. The van der Waals surface area contributed by atoms with Gasteiger partial charge in [-0.2, -0.15) is 4.98 Å². The highest BCUT2D eigenvalue weighted by atomic mass is 35.5. The number of nitrogens with one attached hydrogen (secondary N) is 2. The normalized spacial score (nSPS) is 17.6. The van der Waals surface area contributed by atoms with Crippen LogP contribution in [0.3, 0.4) is 0 Å². The quantitative estimate of drug-likeness (QED) is 0.689. The Morgan fingerprint density at radius 3 is 2.64 bits per heavy atom. The molecule has 2 aliphatic rings. The fourth-order valence-corrected chi connectivity index (χ4v) is 3.83. The number of pyridine rings is 1. The largest absolute Gasteiger partial charge is 0.368 e. The van der Waals surface area contributed by atoms with Crippen LogP contribution < -0.4 is 16.4 Å². The van der Waals surface area contributed by atoms with E-state index >= 15 is 0 Å². The third-order valence-corrected chi connectivity index (χ3v) is 5.24. The van der Waals surface area contributed by atoms with Gasteiger partial charge in [-0.15, -0.1) is 24.8 Å². The molecule has 0 bridgehead atoms. The first-order valence-electron chi connectivity index (χ1n) is 9.53. The zero-order chi connectivity index (χ0) is 17.8. The molecule has 0 radical (unpaired) electrons. The zero-order valence-corrected chi connectivity index (χ0v) is 17.6. The minimum atomic E-state index is 0. The SMILES string of the molecule is Cl.Cl.Nc1nc2c(c(NC3CCN(Cc4ccccn4)CC3)n1)CCNCC2. The highest BCUT2D eigenvalue weighted by molar-refractivity contribution is 5.85. The van der Waals surface area contributed by atoms with Gasteiger partial charge in [0, 0.05) is 50.4 Å². The second-order valence-corrected chi connectivity index (χ2v) is 7.12. The number of piperidine rings is 1. The summed E-state index contributed by atoms with van der Waals surface area (Å²) in [6.07, 6.45) is 5.94. The summed E-state index contributed by atoms with van der Waals surface area (Å²) in [5.74, 6) is 1.32. The number of hydrogen-bond acceptors (Lipinski definition) is 7. The molecule has 0 aliphatic carbocycles. The lowest BCUT2D eigenvalue weighted by Gasteiger charge is -2.32. The molecule has 4 N–H and O–H groups in total. The number of nitrogen functional groups attached to an aromatic ring is 1. The van der Waals surface area contributed by atoms with Crippen molar-refractivity contribution in [2.75, 3.05) is 37.2 Å². The van der Waals surface area contributed by atoms with Crippen molar-refractivity contribution in [1.82, 2.24) is 25.2 Å². The van der Waals surface area contributed by atoms with Crippen molar-refractivity contribution in [3.8, 4) is 0 Å². The molecule has 1 saturated heterocycles. The highest BCUT2D eigenvalue weighted by Gasteiger charge is 2.22. The third-order valence-electron chi connectivity index (χ3n) is 5.24. The Kier molecular flexibility index (Phi) is 8.69. The molecule has 154 valence electrons. The smallest absolute Gasteiger partial charge is 0.222 e. The number of fused-ring (bicyclic) bond motifs is 1. The fourth-order valence-electron chi connectivity index (χ4n) is 3.83. The standard InChI is InChI=1S/C19H27N7.2ClH/c20-19-24-17-5-10-21-9-4-16(17)18(25-19)23-14-6-11-26(12-7-14)13-15-3-1-2-8-22-15;;/h1-3,8,14,21H,4-7,9-13H2,(H3,20,23,24,25);2*1H. The van der Waals surface area contributed by atoms with E-state index in [0.29, 0.717) is 12.0 Å². The Morgan fingerprint density at radius 2 is 1.89 bits per heavy atom. The van der Waals surface area contributed by atoms with E-state index in [-0.39, 0.29) is 24.8 Å². The molecule has 0 unspecified atom stereocenters. The summed E-state index contributed by atoms with van der Waals surface area (Å²) in [7, 11) is 0. The lowest BCUT2D eigenvalue weighted by molar-refractivity contribution is 0.209. The number of hydrogen-bond donors (Lipinski definition) is 3. The molecule has 0 saturated carbocycles. The first-order valence-corrected chi connectivity index (χ1v) is 9.53. The van der Waals surface area contributed by atoms with Crippen LogP contribution in [0.1, 0.15) is 29.8 Å². The summed E-state index contributed by atoms with van der Waals surface area (Å²) in [6.45, 7) is 4.98. The van der Waals surface area contributed by atoms with Crippen LogP contribution in [-0.2, 0) is 19.4 Å². The number of halogens is 2. The molecule has 0 atom stereocenters. The van der Waals surface area contributed by atoms with Crippen molar-refractivity contribution in [3.05, 3.63) is 41.3 Å². The summed E-state index contributed by atoms with van der Waals surface area (Å²) >= 11 is 0. The third kappa shape index (κ3) is 5.67. The van der Waals surface area contributed by atoms with Gasteiger partial charge in [0.2, 0.25) is 5.95 Å². The van der Waals surface area contributed by atoms with Gasteiger partial charge in [0.1, 0.15) is 5.82 Å².